The number of hydrogen-bond acceptors (Lipinski definition) is 6. The molecule has 0 spiro atoms. The smallest absolute Gasteiger partial charge is 0.241 e. The highest BCUT2D eigenvalue weighted by Crippen LogP contribution is 2.27. The first-order valence-corrected chi connectivity index (χ1v) is 8.38. The van der Waals surface area contributed by atoms with Gasteiger partial charge in [0.15, 0.2) is 0 Å². The van der Waals surface area contributed by atoms with Gasteiger partial charge in [-0.1, -0.05) is 5.16 Å². The van der Waals surface area contributed by atoms with Crippen molar-refractivity contribution in [3.05, 3.63) is 21.8 Å². The summed E-state index contributed by atoms with van der Waals surface area (Å²) in [7, 11) is 2.02. The Labute approximate surface area is 130 Å². The second-order valence-electron chi connectivity index (χ2n) is 5.00. The summed E-state index contributed by atoms with van der Waals surface area (Å²) < 4.78 is 6.42. The molecule has 3 rings (SSSR count). The molecule has 2 aromatic rings. The van der Waals surface area contributed by atoms with E-state index in [1.54, 1.807) is 11.3 Å². The molecule has 1 N–H and O–H groups in total. The fraction of sp³-hybridized carbons (Fsp3) is 0.538. The average molecular weight is 357 g/mol. The number of halogens is 1. The summed E-state index contributed by atoms with van der Waals surface area (Å²) in [5, 5.41) is 9.43. The van der Waals surface area contributed by atoms with E-state index in [-0.39, 0.29) is 0 Å². The SMILES string of the molecule is CNC1CCCN(Cc2nc(-c3cc(Br)cs3)no2)C1. The lowest BCUT2D eigenvalue weighted by Gasteiger charge is -2.31. The van der Waals surface area contributed by atoms with Crippen LogP contribution in [0.15, 0.2) is 20.4 Å². The van der Waals surface area contributed by atoms with E-state index in [0.717, 1.165) is 29.0 Å². The molecule has 0 saturated carbocycles. The summed E-state index contributed by atoms with van der Waals surface area (Å²) in [4.78, 5) is 7.88. The van der Waals surface area contributed by atoms with Gasteiger partial charge >= 0.3 is 0 Å². The molecule has 0 amide bonds. The summed E-state index contributed by atoms with van der Waals surface area (Å²) >= 11 is 5.05. The van der Waals surface area contributed by atoms with Crippen molar-refractivity contribution in [1.82, 2.24) is 20.4 Å². The lowest BCUT2D eigenvalue weighted by atomic mass is 10.1. The molecule has 5 nitrogen and oxygen atoms in total. The lowest BCUT2D eigenvalue weighted by Crippen LogP contribution is -2.43. The Hall–Kier alpha value is -0.760. The predicted octanol–water partition coefficient (Wildman–Crippen LogP) is 2.74. The summed E-state index contributed by atoms with van der Waals surface area (Å²) in [5.41, 5.74) is 0. The number of hydrogen-bond donors (Lipinski definition) is 1. The molecule has 0 radical (unpaired) electrons. The predicted molar refractivity (Wildman–Crippen MR) is 82.7 cm³/mol. The highest BCUT2D eigenvalue weighted by atomic mass is 79.9. The molecular formula is C13H17BrN4OS. The van der Waals surface area contributed by atoms with Gasteiger partial charge in [-0.15, -0.1) is 11.3 Å². The van der Waals surface area contributed by atoms with Gasteiger partial charge in [-0.25, -0.2) is 0 Å². The molecule has 0 aliphatic carbocycles. The lowest BCUT2D eigenvalue weighted by molar-refractivity contribution is 0.167. The number of piperidine rings is 1. The molecular weight excluding hydrogens is 340 g/mol. The number of likely N-dealkylation sites (N-methyl/N-ethyl adjacent to an activating group) is 1. The van der Waals surface area contributed by atoms with Crippen LogP contribution >= 0.6 is 27.3 Å². The van der Waals surface area contributed by atoms with E-state index in [9.17, 15) is 0 Å². The topological polar surface area (TPSA) is 54.2 Å². The molecule has 7 heteroatoms. The zero-order chi connectivity index (χ0) is 13.9. The minimum absolute atomic E-state index is 0.569. The highest BCUT2D eigenvalue weighted by molar-refractivity contribution is 9.10. The number of nitrogens with one attached hydrogen (secondary N) is 1. The third kappa shape index (κ3) is 3.28. The Balaban J connectivity index is 1.65. The third-order valence-electron chi connectivity index (χ3n) is 3.53. The summed E-state index contributed by atoms with van der Waals surface area (Å²) in [6, 6.07) is 2.58. The van der Waals surface area contributed by atoms with Crippen molar-refractivity contribution in [1.29, 1.82) is 0 Å². The fourth-order valence-electron chi connectivity index (χ4n) is 2.48. The van der Waals surface area contributed by atoms with Crippen molar-refractivity contribution in [3.63, 3.8) is 0 Å². The largest absolute Gasteiger partial charge is 0.338 e. The second-order valence-corrected chi connectivity index (χ2v) is 6.83. The molecule has 108 valence electrons. The quantitative estimate of drug-likeness (QED) is 0.912. The molecule has 1 fully saturated rings. The van der Waals surface area contributed by atoms with Gasteiger partial charge in [-0.3, -0.25) is 4.90 Å². The third-order valence-corrected chi connectivity index (χ3v) is 5.22. The van der Waals surface area contributed by atoms with Crippen LogP contribution in [0.2, 0.25) is 0 Å². The molecule has 1 aliphatic rings. The van der Waals surface area contributed by atoms with Gasteiger partial charge in [0.1, 0.15) is 0 Å². The van der Waals surface area contributed by atoms with Crippen LogP contribution in [0.25, 0.3) is 10.7 Å². The molecule has 20 heavy (non-hydrogen) atoms. The van der Waals surface area contributed by atoms with E-state index in [1.807, 2.05) is 18.5 Å². The first kappa shape index (κ1) is 14.2. The zero-order valence-corrected chi connectivity index (χ0v) is 13.7. The Morgan fingerprint density at radius 3 is 3.25 bits per heavy atom. The molecule has 0 bridgehead atoms. The van der Waals surface area contributed by atoms with Crippen molar-refractivity contribution in [2.45, 2.75) is 25.4 Å². The first-order valence-electron chi connectivity index (χ1n) is 6.71. The Morgan fingerprint density at radius 1 is 1.60 bits per heavy atom. The van der Waals surface area contributed by atoms with Crippen LogP contribution in [0.3, 0.4) is 0 Å². The van der Waals surface area contributed by atoms with Gasteiger partial charge in [0.05, 0.1) is 11.4 Å². The van der Waals surface area contributed by atoms with Crippen LogP contribution in [-0.2, 0) is 6.54 Å². The molecule has 1 atom stereocenters. The van der Waals surface area contributed by atoms with Crippen LogP contribution in [0.4, 0.5) is 0 Å². The van der Waals surface area contributed by atoms with Crippen molar-refractivity contribution in [3.8, 4) is 10.7 Å². The van der Waals surface area contributed by atoms with Gasteiger partial charge in [-0.05, 0) is 48.4 Å². The van der Waals surface area contributed by atoms with Crippen LogP contribution in [0.1, 0.15) is 18.7 Å². The van der Waals surface area contributed by atoms with Crippen LogP contribution < -0.4 is 5.32 Å². The van der Waals surface area contributed by atoms with E-state index in [2.05, 4.69) is 36.3 Å². The van der Waals surface area contributed by atoms with Gasteiger partial charge in [0.25, 0.3) is 0 Å². The van der Waals surface area contributed by atoms with E-state index in [0.29, 0.717) is 17.8 Å². The van der Waals surface area contributed by atoms with Crippen LogP contribution in [0.5, 0.6) is 0 Å². The van der Waals surface area contributed by atoms with Gasteiger partial charge in [-0.2, -0.15) is 4.98 Å². The number of nitrogens with zero attached hydrogens (tertiary/aromatic N) is 3. The van der Waals surface area contributed by atoms with E-state index >= 15 is 0 Å². The molecule has 1 aliphatic heterocycles. The highest BCUT2D eigenvalue weighted by Gasteiger charge is 2.20. The monoisotopic (exact) mass is 356 g/mol. The molecule has 1 unspecified atom stereocenters. The van der Waals surface area contributed by atoms with E-state index < -0.39 is 0 Å². The number of rotatable bonds is 4. The molecule has 0 aromatic carbocycles. The number of thiophene rings is 1. The minimum Gasteiger partial charge on any atom is -0.338 e. The van der Waals surface area contributed by atoms with E-state index in [1.165, 1.54) is 12.8 Å². The van der Waals surface area contributed by atoms with Gasteiger partial charge in [0.2, 0.25) is 11.7 Å². The van der Waals surface area contributed by atoms with Crippen molar-refractivity contribution in [2.75, 3.05) is 20.1 Å². The fourth-order valence-corrected chi connectivity index (χ4v) is 3.83. The number of aromatic nitrogens is 2. The average Bonchev–Trinajstić information content (AvgIpc) is 3.08. The maximum absolute atomic E-state index is 5.37. The molecule has 2 aromatic heterocycles. The summed E-state index contributed by atoms with van der Waals surface area (Å²) in [6.45, 7) is 2.87. The van der Waals surface area contributed by atoms with Crippen LogP contribution in [-0.4, -0.2) is 41.2 Å². The summed E-state index contributed by atoms with van der Waals surface area (Å²) in [5.74, 6) is 1.37. The van der Waals surface area contributed by atoms with Crippen molar-refractivity contribution >= 4 is 27.3 Å². The minimum atomic E-state index is 0.569. The normalized spacial score (nSPS) is 20.4. The van der Waals surface area contributed by atoms with Crippen LogP contribution in [0, 0.1) is 0 Å². The maximum Gasteiger partial charge on any atom is 0.241 e. The molecule has 3 heterocycles. The Morgan fingerprint density at radius 2 is 2.50 bits per heavy atom. The van der Waals surface area contributed by atoms with Gasteiger partial charge < -0.3 is 9.84 Å². The second kappa shape index (κ2) is 6.34. The standard InChI is InChI=1S/C13H17BrN4OS/c1-15-10-3-2-4-18(6-10)7-12-16-13(17-19-12)11-5-9(14)8-20-11/h5,8,10,15H,2-4,6-7H2,1H3. The van der Waals surface area contributed by atoms with Crippen molar-refractivity contribution in [2.24, 2.45) is 0 Å². The first-order chi connectivity index (χ1) is 9.74. The molecule has 1 saturated heterocycles. The Kier molecular flexibility index (Phi) is 4.50. The maximum atomic E-state index is 5.37. The van der Waals surface area contributed by atoms with Crippen molar-refractivity contribution < 1.29 is 4.52 Å². The zero-order valence-electron chi connectivity index (χ0n) is 11.3. The summed E-state index contributed by atoms with van der Waals surface area (Å²) in [6.07, 6.45) is 2.45. The number of likely N-dealkylation sites (tertiary alicyclic amines) is 1. The van der Waals surface area contributed by atoms with E-state index in [4.69, 9.17) is 4.52 Å². The van der Waals surface area contributed by atoms with Gasteiger partial charge in [0, 0.05) is 22.4 Å². The Bertz CT molecular complexity index is 570.